The Bertz CT molecular complexity index is 1310. The van der Waals surface area contributed by atoms with Crippen LogP contribution in [0.25, 0.3) is 22.3 Å². The number of carbonyl (C=O) groups is 1. The number of esters is 1. The van der Waals surface area contributed by atoms with Crippen LogP contribution in [0.4, 0.5) is 0 Å². The zero-order valence-electron chi connectivity index (χ0n) is 17.8. The average molecular weight is 434 g/mol. The fourth-order valence-electron chi connectivity index (χ4n) is 4.25. The van der Waals surface area contributed by atoms with Crippen molar-refractivity contribution in [2.75, 3.05) is 27.3 Å². The summed E-state index contributed by atoms with van der Waals surface area (Å²) in [5.41, 5.74) is 4.62. The Morgan fingerprint density at radius 3 is 2.97 bits per heavy atom. The lowest BCUT2D eigenvalue weighted by Gasteiger charge is -2.24. The maximum absolute atomic E-state index is 13.3. The van der Waals surface area contributed by atoms with Gasteiger partial charge >= 0.3 is 5.97 Å². The summed E-state index contributed by atoms with van der Waals surface area (Å²) in [4.78, 5) is 35.7. The van der Waals surface area contributed by atoms with Crippen LogP contribution in [-0.2, 0) is 32.3 Å². The number of hydrogen-bond acceptors (Lipinski definition) is 8. The third kappa shape index (κ3) is 3.17. The summed E-state index contributed by atoms with van der Waals surface area (Å²) in [5.74, 6) is -0.499. The van der Waals surface area contributed by atoms with Crippen molar-refractivity contribution in [1.29, 1.82) is 0 Å². The second-order valence-electron chi connectivity index (χ2n) is 7.62. The third-order valence-electron chi connectivity index (χ3n) is 5.82. The summed E-state index contributed by atoms with van der Waals surface area (Å²) < 4.78 is 12.2. The number of benzene rings is 1. The fraction of sp³-hybridized carbons (Fsp3) is 0.304. The Kier molecular flexibility index (Phi) is 5.20. The molecule has 3 aromatic rings. The first-order chi connectivity index (χ1) is 15.6. The van der Waals surface area contributed by atoms with Crippen LogP contribution in [0, 0.1) is 0 Å². The molecule has 5 rings (SSSR count). The van der Waals surface area contributed by atoms with Crippen molar-refractivity contribution in [2.45, 2.75) is 19.3 Å². The maximum Gasteiger partial charge on any atom is 0.340 e. The molecule has 2 aromatic heterocycles. The number of nitrogens with one attached hydrogen (secondary N) is 1. The Hall–Kier alpha value is -3.56. The molecular weight excluding hydrogens is 412 g/mol. The van der Waals surface area contributed by atoms with Gasteiger partial charge in [0, 0.05) is 35.7 Å². The molecule has 0 saturated heterocycles. The largest absolute Gasteiger partial charge is 0.458 e. The van der Waals surface area contributed by atoms with Gasteiger partial charge in [0.15, 0.2) is 6.10 Å². The summed E-state index contributed by atoms with van der Waals surface area (Å²) in [5, 5.41) is 8.06. The maximum atomic E-state index is 13.3. The number of oxime groups is 1. The van der Waals surface area contributed by atoms with Gasteiger partial charge in [0.1, 0.15) is 13.2 Å². The quantitative estimate of drug-likeness (QED) is 0.213. The van der Waals surface area contributed by atoms with E-state index in [4.69, 9.17) is 19.3 Å². The predicted octanol–water partition coefficient (Wildman–Crippen LogP) is 1.74. The Morgan fingerprint density at radius 2 is 2.16 bits per heavy atom. The van der Waals surface area contributed by atoms with E-state index in [1.54, 1.807) is 10.8 Å². The molecule has 0 bridgehead atoms. The van der Waals surface area contributed by atoms with Crippen LogP contribution >= 0.6 is 0 Å². The number of methoxy groups -OCH3 is 1. The lowest BCUT2D eigenvalue weighted by molar-refractivity contribution is -0.159. The number of pyridine rings is 2. The first kappa shape index (κ1) is 20.3. The molecule has 9 nitrogen and oxygen atoms in total. The normalized spacial score (nSPS) is 16.7. The van der Waals surface area contributed by atoms with Crippen LogP contribution in [-0.4, -0.2) is 49.0 Å². The van der Waals surface area contributed by atoms with Gasteiger partial charge in [-0.3, -0.25) is 4.79 Å². The van der Waals surface area contributed by atoms with Gasteiger partial charge in [0.25, 0.3) is 5.56 Å². The number of para-hydroxylation sites is 1. The van der Waals surface area contributed by atoms with Gasteiger partial charge < -0.3 is 24.2 Å². The SMILES string of the molecule is CNCCO/N=C/c1c2c(nc3ccccc13)-c1cc3c(c(=O)n1C2)COC(=O)C3OC. The van der Waals surface area contributed by atoms with E-state index in [1.807, 2.05) is 37.4 Å². The molecule has 4 heterocycles. The van der Waals surface area contributed by atoms with Gasteiger partial charge in [-0.25, -0.2) is 9.78 Å². The second kappa shape index (κ2) is 8.18. The fourth-order valence-corrected chi connectivity index (χ4v) is 4.25. The van der Waals surface area contributed by atoms with Crippen LogP contribution in [0.2, 0.25) is 0 Å². The number of cyclic esters (lactones) is 1. The number of carbonyl (C=O) groups excluding carboxylic acids is 1. The van der Waals surface area contributed by atoms with Gasteiger partial charge in [0.05, 0.1) is 35.2 Å². The zero-order valence-corrected chi connectivity index (χ0v) is 17.8. The molecule has 9 heteroatoms. The predicted molar refractivity (Wildman–Crippen MR) is 118 cm³/mol. The number of ether oxygens (including phenoxy) is 2. The van der Waals surface area contributed by atoms with Gasteiger partial charge in [-0.2, -0.15) is 0 Å². The molecule has 1 atom stereocenters. The molecule has 0 spiro atoms. The number of rotatable bonds is 6. The highest BCUT2D eigenvalue weighted by Gasteiger charge is 2.35. The molecule has 0 radical (unpaired) electrons. The van der Waals surface area contributed by atoms with Crippen molar-refractivity contribution >= 4 is 23.1 Å². The highest BCUT2D eigenvalue weighted by Crippen LogP contribution is 2.37. The summed E-state index contributed by atoms with van der Waals surface area (Å²) in [6, 6.07) is 9.57. The standard InChI is InChI=1S/C23H22N4O5/c1-24-7-8-32-25-10-15-13-5-3-4-6-18(13)26-20-16(15)11-27-19(20)9-14-17(22(27)28)12-31-23(29)21(14)30-2/h3-6,9-10,21,24H,7-8,11-12H2,1-2H3/b25-10+. The van der Waals surface area contributed by atoms with Crippen molar-refractivity contribution < 1.29 is 19.1 Å². The van der Waals surface area contributed by atoms with Gasteiger partial charge in [-0.1, -0.05) is 23.4 Å². The van der Waals surface area contributed by atoms with E-state index >= 15 is 0 Å². The first-order valence-corrected chi connectivity index (χ1v) is 10.3. The molecule has 0 fully saturated rings. The smallest absolute Gasteiger partial charge is 0.340 e. The van der Waals surface area contributed by atoms with Crippen molar-refractivity contribution in [3.63, 3.8) is 0 Å². The lowest BCUT2D eigenvalue weighted by atomic mass is 9.99. The molecule has 1 N–H and O–H groups in total. The van der Waals surface area contributed by atoms with E-state index in [1.165, 1.54) is 7.11 Å². The van der Waals surface area contributed by atoms with Crippen molar-refractivity contribution in [3.05, 3.63) is 62.9 Å². The molecule has 0 aliphatic carbocycles. The minimum Gasteiger partial charge on any atom is -0.458 e. The zero-order chi connectivity index (χ0) is 22.2. The summed E-state index contributed by atoms with van der Waals surface area (Å²) in [6.07, 6.45) is 0.753. The number of fused-ring (bicyclic) bond motifs is 5. The van der Waals surface area contributed by atoms with Gasteiger partial charge in [-0.15, -0.1) is 0 Å². The number of aromatic nitrogens is 2. The lowest BCUT2D eigenvalue weighted by Crippen LogP contribution is -2.33. The van der Waals surface area contributed by atoms with Gasteiger partial charge in [0.2, 0.25) is 0 Å². The summed E-state index contributed by atoms with van der Waals surface area (Å²) in [7, 11) is 3.27. The topological polar surface area (TPSA) is 104 Å². The molecule has 32 heavy (non-hydrogen) atoms. The van der Waals surface area contributed by atoms with E-state index < -0.39 is 12.1 Å². The van der Waals surface area contributed by atoms with E-state index in [0.717, 1.165) is 22.0 Å². The molecule has 2 aliphatic heterocycles. The van der Waals surface area contributed by atoms with Crippen molar-refractivity contribution in [1.82, 2.24) is 14.9 Å². The van der Waals surface area contributed by atoms with Crippen molar-refractivity contribution in [3.8, 4) is 11.4 Å². The molecule has 2 aliphatic rings. The van der Waals surface area contributed by atoms with Crippen molar-refractivity contribution in [2.24, 2.45) is 5.16 Å². The highest BCUT2D eigenvalue weighted by molar-refractivity contribution is 6.02. The molecule has 0 saturated carbocycles. The molecule has 0 amide bonds. The monoisotopic (exact) mass is 434 g/mol. The van der Waals surface area contributed by atoms with Crippen LogP contribution in [0.1, 0.15) is 28.4 Å². The minimum absolute atomic E-state index is 0.0630. The second-order valence-corrected chi connectivity index (χ2v) is 7.62. The third-order valence-corrected chi connectivity index (χ3v) is 5.82. The minimum atomic E-state index is -0.927. The summed E-state index contributed by atoms with van der Waals surface area (Å²) in [6.45, 7) is 1.40. The Labute approximate surface area is 183 Å². The molecule has 164 valence electrons. The van der Waals surface area contributed by atoms with E-state index in [-0.39, 0.29) is 12.2 Å². The van der Waals surface area contributed by atoms with Crippen LogP contribution in [0.15, 0.2) is 40.3 Å². The molecule has 1 aromatic carbocycles. The van der Waals surface area contributed by atoms with E-state index in [2.05, 4.69) is 10.5 Å². The Balaban J connectivity index is 1.68. The number of likely N-dealkylation sites (N-methyl/N-ethyl adjacent to an activating group) is 1. The number of hydrogen-bond donors (Lipinski definition) is 1. The summed E-state index contributed by atoms with van der Waals surface area (Å²) >= 11 is 0. The highest BCUT2D eigenvalue weighted by atomic mass is 16.6. The Morgan fingerprint density at radius 1 is 1.31 bits per heavy atom. The van der Waals surface area contributed by atoms with E-state index in [9.17, 15) is 9.59 Å². The van der Waals surface area contributed by atoms with Crippen LogP contribution < -0.4 is 10.9 Å². The van der Waals surface area contributed by atoms with E-state index in [0.29, 0.717) is 42.2 Å². The van der Waals surface area contributed by atoms with Crippen LogP contribution in [0.3, 0.4) is 0 Å². The number of nitrogens with zero attached hydrogens (tertiary/aromatic N) is 3. The van der Waals surface area contributed by atoms with Gasteiger partial charge in [-0.05, 0) is 19.2 Å². The van der Waals surface area contributed by atoms with Crippen LogP contribution in [0.5, 0.6) is 0 Å². The molecular formula is C23H22N4O5. The first-order valence-electron chi connectivity index (χ1n) is 10.3. The average Bonchev–Trinajstić information content (AvgIpc) is 3.17. The molecule has 1 unspecified atom stereocenters.